The number of hydrogen-bond donors (Lipinski definition) is 2. The van der Waals surface area contributed by atoms with E-state index in [1.165, 1.54) is 30.6 Å². The van der Waals surface area contributed by atoms with Gasteiger partial charge in [-0.1, -0.05) is 0 Å². The van der Waals surface area contributed by atoms with Crippen molar-refractivity contribution in [3.05, 3.63) is 59.3 Å². The molecule has 0 fully saturated rings. The van der Waals surface area contributed by atoms with Crippen molar-refractivity contribution < 1.29 is 19.4 Å². The number of rotatable bonds is 5. The Balaban J connectivity index is 2.10. The lowest BCUT2D eigenvalue weighted by atomic mass is 10.0. The SMILES string of the molecule is O=C(O)c1ccncc1Cc1nn(CCO)c2ccc(F)cc12. The normalized spacial score (nSPS) is 11.0. The molecule has 0 aliphatic heterocycles. The smallest absolute Gasteiger partial charge is 0.336 e. The summed E-state index contributed by atoms with van der Waals surface area (Å²) in [5.41, 5.74) is 1.88. The minimum Gasteiger partial charge on any atom is -0.478 e. The van der Waals surface area contributed by atoms with Crippen LogP contribution in [0.15, 0.2) is 36.7 Å². The zero-order chi connectivity index (χ0) is 16.4. The van der Waals surface area contributed by atoms with Crippen LogP contribution in [0.1, 0.15) is 21.6 Å². The molecule has 0 saturated heterocycles. The van der Waals surface area contributed by atoms with Gasteiger partial charge in [-0.2, -0.15) is 5.10 Å². The molecule has 118 valence electrons. The molecule has 0 aliphatic carbocycles. The molecule has 2 heterocycles. The van der Waals surface area contributed by atoms with Crippen molar-refractivity contribution >= 4 is 16.9 Å². The number of carboxylic acids is 1. The fraction of sp³-hybridized carbons (Fsp3) is 0.188. The van der Waals surface area contributed by atoms with Gasteiger partial charge in [-0.25, -0.2) is 9.18 Å². The van der Waals surface area contributed by atoms with Crippen molar-refractivity contribution in [2.24, 2.45) is 0 Å². The van der Waals surface area contributed by atoms with E-state index in [-0.39, 0.29) is 25.1 Å². The molecule has 0 bridgehead atoms. The highest BCUT2D eigenvalue weighted by atomic mass is 19.1. The summed E-state index contributed by atoms with van der Waals surface area (Å²) in [6.45, 7) is 0.182. The van der Waals surface area contributed by atoms with Gasteiger partial charge in [0.2, 0.25) is 0 Å². The van der Waals surface area contributed by atoms with Gasteiger partial charge in [-0.05, 0) is 29.8 Å². The number of pyridine rings is 1. The molecule has 2 N–H and O–H groups in total. The van der Waals surface area contributed by atoms with E-state index in [2.05, 4.69) is 10.1 Å². The quantitative estimate of drug-likeness (QED) is 0.750. The summed E-state index contributed by atoms with van der Waals surface area (Å²) in [4.78, 5) is 15.2. The molecule has 2 aromatic heterocycles. The van der Waals surface area contributed by atoms with Gasteiger partial charge in [0, 0.05) is 24.2 Å². The number of aromatic nitrogens is 3. The molecule has 0 atom stereocenters. The Hall–Kier alpha value is -2.80. The highest BCUT2D eigenvalue weighted by molar-refractivity contribution is 5.89. The average Bonchev–Trinajstić information content (AvgIpc) is 2.85. The van der Waals surface area contributed by atoms with Crippen LogP contribution in [-0.2, 0) is 13.0 Å². The number of carbonyl (C=O) groups is 1. The second-order valence-corrected chi connectivity index (χ2v) is 5.07. The molecule has 0 unspecified atom stereocenters. The minimum atomic E-state index is -1.05. The van der Waals surface area contributed by atoms with Crippen molar-refractivity contribution in [2.45, 2.75) is 13.0 Å². The highest BCUT2D eigenvalue weighted by Gasteiger charge is 2.16. The maximum atomic E-state index is 13.6. The molecule has 3 rings (SSSR count). The van der Waals surface area contributed by atoms with Gasteiger partial charge < -0.3 is 10.2 Å². The van der Waals surface area contributed by atoms with E-state index in [0.717, 1.165) is 0 Å². The van der Waals surface area contributed by atoms with Crippen molar-refractivity contribution in [1.82, 2.24) is 14.8 Å². The van der Waals surface area contributed by atoms with E-state index in [0.29, 0.717) is 22.2 Å². The molecular weight excluding hydrogens is 301 g/mol. The predicted octanol–water partition coefficient (Wildman–Crippen LogP) is 1.85. The summed E-state index contributed by atoms with van der Waals surface area (Å²) < 4.78 is 15.1. The number of aliphatic hydroxyl groups excluding tert-OH is 1. The number of aliphatic hydroxyl groups is 1. The first-order valence-electron chi connectivity index (χ1n) is 7.02. The third-order valence-electron chi connectivity index (χ3n) is 3.59. The lowest BCUT2D eigenvalue weighted by molar-refractivity contribution is 0.0695. The van der Waals surface area contributed by atoms with Crippen LogP contribution >= 0.6 is 0 Å². The molecule has 23 heavy (non-hydrogen) atoms. The standard InChI is InChI=1S/C16H14FN3O3/c17-11-1-2-15-13(8-11)14(19-20(15)5-6-21)7-10-9-18-4-3-12(10)16(22)23/h1-4,8-9,21H,5-7H2,(H,22,23). The third-order valence-corrected chi connectivity index (χ3v) is 3.59. The summed E-state index contributed by atoms with van der Waals surface area (Å²) in [5, 5.41) is 23.4. The maximum absolute atomic E-state index is 13.6. The average molecular weight is 315 g/mol. The van der Waals surface area contributed by atoms with Crippen molar-refractivity contribution in [3.63, 3.8) is 0 Å². The lowest BCUT2D eigenvalue weighted by Gasteiger charge is -2.03. The van der Waals surface area contributed by atoms with E-state index < -0.39 is 11.8 Å². The predicted molar refractivity (Wildman–Crippen MR) is 80.8 cm³/mol. The van der Waals surface area contributed by atoms with Crippen LogP contribution in [0.2, 0.25) is 0 Å². The van der Waals surface area contributed by atoms with Crippen molar-refractivity contribution in [2.75, 3.05) is 6.61 Å². The molecular formula is C16H14FN3O3. The number of hydrogen-bond acceptors (Lipinski definition) is 4. The first-order chi connectivity index (χ1) is 11.1. The van der Waals surface area contributed by atoms with E-state index in [9.17, 15) is 14.3 Å². The van der Waals surface area contributed by atoms with Crippen LogP contribution in [0.3, 0.4) is 0 Å². The van der Waals surface area contributed by atoms with Crippen LogP contribution in [-0.4, -0.2) is 37.6 Å². The van der Waals surface area contributed by atoms with Crippen molar-refractivity contribution in [3.8, 4) is 0 Å². The van der Waals surface area contributed by atoms with E-state index in [1.54, 1.807) is 10.7 Å². The highest BCUT2D eigenvalue weighted by Crippen LogP contribution is 2.23. The molecule has 0 aliphatic rings. The van der Waals surface area contributed by atoms with Crippen molar-refractivity contribution in [1.29, 1.82) is 0 Å². The van der Waals surface area contributed by atoms with Gasteiger partial charge >= 0.3 is 5.97 Å². The van der Waals surface area contributed by atoms with Crippen LogP contribution in [0.5, 0.6) is 0 Å². The Morgan fingerprint density at radius 2 is 2.13 bits per heavy atom. The zero-order valence-electron chi connectivity index (χ0n) is 12.1. The molecule has 0 amide bonds. The molecule has 0 radical (unpaired) electrons. The van der Waals surface area contributed by atoms with E-state index >= 15 is 0 Å². The topological polar surface area (TPSA) is 88.2 Å². The minimum absolute atomic E-state index is 0.0964. The van der Waals surface area contributed by atoms with Gasteiger partial charge in [-0.15, -0.1) is 0 Å². The number of halogens is 1. The van der Waals surface area contributed by atoms with Gasteiger partial charge in [0.15, 0.2) is 0 Å². The second kappa shape index (κ2) is 6.13. The summed E-state index contributed by atoms with van der Waals surface area (Å²) in [5.74, 6) is -1.44. The van der Waals surface area contributed by atoms with Gasteiger partial charge in [0.05, 0.1) is 29.9 Å². The molecule has 0 saturated carbocycles. The van der Waals surface area contributed by atoms with Crippen LogP contribution < -0.4 is 0 Å². The number of carboxylic acid groups (broad SMARTS) is 1. The van der Waals surface area contributed by atoms with Crippen LogP contribution in [0.4, 0.5) is 4.39 Å². The third kappa shape index (κ3) is 2.91. The molecule has 0 spiro atoms. The first-order valence-corrected chi connectivity index (χ1v) is 7.02. The number of benzene rings is 1. The fourth-order valence-electron chi connectivity index (χ4n) is 2.57. The molecule has 3 aromatic rings. The summed E-state index contributed by atoms with van der Waals surface area (Å²) in [6.07, 6.45) is 3.10. The Kier molecular flexibility index (Phi) is 4.03. The summed E-state index contributed by atoms with van der Waals surface area (Å²) >= 11 is 0. The number of fused-ring (bicyclic) bond motifs is 1. The Morgan fingerprint density at radius 1 is 1.30 bits per heavy atom. The van der Waals surface area contributed by atoms with E-state index in [4.69, 9.17) is 5.11 Å². The monoisotopic (exact) mass is 315 g/mol. The molecule has 7 heteroatoms. The largest absolute Gasteiger partial charge is 0.478 e. The maximum Gasteiger partial charge on any atom is 0.336 e. The number of aromatic carboxylic acids is 1. The summed E-state index contributed by atoms with van der Waals surface area (Å²) in [6, 6.07) is 5.71. The second-order valence-electron chi connectivity index (χ2n) is 5.07. The fourth-order valence-corrected chi connectivity index (χ4v) is 2.57. The first kappa shape index (κ1) is 15.1. The van der Waals surface area contributed by atoms with Gasteiger partial charge in [0.1, 0.15) is 5.82 Å². The molecule has 6 nitrogen and oxygen atoms in total. The number of nitrogens with zero attached hydrogens (tertiary/aromatic N) is 3. The Labute approximate surface area is 130 Å². The summed E-state index contributed by atoms with van der Waals surface area (Å²) in [7, 11) is 0. The zero-order valence-corrected chi connectivity index (χ0v) is 12.1. The van der Waals surface area contributed by atoms with Crippen LogP contribution in [0, 0.1) is 5.82 Å². The van der Waals surface area contributed by atoms with E-state index in [1.807, 2.05) is 0 Å². The van der Waals surface area contributed by atoms with Gasteiger partial charge in [0.25, 0.3) is 0 Å². The Bertz CT molecular complexity index is 876. The lowest BCUT2D eigenvalue weighted by Crippen LogP contribution is -2.06. The Morgan fingerprint density at radius 3 is 2.87 bits per heavy atom. The van der Waals surface area contributed by atoms with Crippen LogP contribution in [0.25, 0.3) is 10.9 Å². The van der Waals surface area contributed by atoms with Gasteiger partial charge in [-0.3, -0.25) is 9.67 Å². The molecule has 1 aromatic carbocycles.